The van der Waals surface area contributed by atoms with Gasteiger partial charge in [-0.1, -0.05) is 0 Å². The van der Waals surface area contributed by atoms with Gasteiger partial charge in [-0.05, 0) is 13.8 Å². The molecule has 1 N–H and O–H groups in total. The first-order chi connectivity index (χ1) is 8.16. The van der Waals surface area contributed by atoms with Crippen LogP contribution in [-0.4, -0.2) is 43.5 Å². The molecule has 2 aromatic heterocycles. The van der Waals surface area contributed by atoms with Gasteiger partial charge in [-0.2, -0.15) is 11.8 Å². The van der Waals surface area contributed by atoms with Crippen molar-refractivity contribution in [1.29, 1.82) is 0 Å². The van der Waals surface area contributed by atoms with E-state index in [4.69, 9.17) is 0 Å². The lowest BCUT2D eigenvalue weighted by atomic mass is 10.2. The van der Waals surface area contributed by atoms with E-state index in [0.29, 0.717) is 0 Å². The first kappa shape index (κ1) is 10.8. The van der Waals surface area contributed by atoms with Crippen LogP contribution < -0.4 is 4.90 Å². The molecule has 17 heavy (non-hydrogen) atoms. The zero-order valence-corrected chi connectivity index (χ0v) is 10.8. The van der Waals surface area contributed by atoms with Crippen molar-refractivity contribution in [1.82, 2.24) is 19.9 Å². The van der Waals surface area contributed by atoms with Crippen LogP contribution in [0.25, 0.3) is 11.2 Å². The van der Waals surface area contributed by atoms with Crippen LogP contribution in [0.4, 0.5) is 5.82 Å². The normalized spacial score (nSPS) is 19.8. The fourth-order valence-electron chi connectivity index (χ4n) is 2.19. The monoisotopic (exact) mass is 249 g/mol. The number of anilines is 1. The number of hydrogen-bond acceptors (Lipinski definition) is 5. The Morgan fingerprint density at radius 2 is 2.24 bits per heavy atom. The van der Waals surface area contributed by atoms with E-state index in [1.54, 1.807) is 12.7 Å². The summed E-state index contributed by atoms with van der Waals surface area (Å²) < 4.78 is 0.273. The summed E-state index contributed by atoms with van der Waals surface area (Å²) in [7, 11) is 0. The smallest absolute Gasteiger partial charge is 0.182 e. The topological polar surface area (TPSA) is 57.7 Å². The maximum Gasteiger partial charge on any atom is 0.182 e. The molecule has 90 valence electrons. The molecule has 0 aromatic carbocycles. The molecule has 0 radical (unpaired) electrons. The van der Waals surface area contributed by atoms with E-state index in [9.17, 15) is 0 Å². The maximum atomic E-state index is 4.40. The SMILES string of the molecule is CC1(C)CN(c2ncnc3nc[nH]c23)CCS1. The van der Waals surface area contributed by atoms with Crippen molar-refractivity contribution in [2.24, 2.45) is 0 Å². The molecule has 0 atom stereocenters. The Kier molecular flexibility index (Phi) is 2.47. The molecular formula is C11H15N5S. The first-order valence-corrected chi connectivity index (χ1v) is 6.67. The van der Waals surface area contributed by atoms with Crippen LogP contribution >= 0.6 is 11.8 Å². The molecular weight excluding hydrogens is 234 g/mol. The van der Waals surface area contributed by atoms with Crippen LogP contribution in [-0.2, 0) is 0 Å². The number of fused-ring (bicyclic) bond motifs is 1. The van der Waals surface area contributed by atoms with E-state index in [1.165, 1.54) is 0 Å². The van der Waals surface area contributed by atoms with Gasteiger partial charge >= 0.3 is 0 Å². The van der Waals surface area contributed by atoms with E-state index in [-0.39, 0.29) is 4.75 Å². The molecule has 3 rings (SSSR count). The second kappa shape index (κ2) is 3.87. The molecule has 0 unspecified atom stereocenters. The number of hydrogen-bond donors (Lipinski definition) is 1. The second-order valence-corrected chi connectivity index (χ2v) is 6.63. The average molecular weight is 249 g/mol. The van der Waals surface area contributed by atoms with Crippen LogP contribution in [0.15, 0.2) is 12.7 Å². The molecule has 0 aliphatic carbocycles. The van der Waals surface area contributed by atoms with Gasteiger partial charge in [0.25, 0.3) is 0 Å². The summed E-state index contributed by atoms with van der Waals surface area (Å²) in [5.41, 5.74) is 1.68. The van der Waals surface area contributed by atoms with Gasteiger partial charge in [-0.3, -0.25) is 0 Å². The van der Waals surface area contributed by atoms with E-state index in [0.717, 1.165) is 35.8 Å². The fourth-order valence-corrected chi connectivity index (χ4v) is 3.30. The summed E-state index contributed by atoms with van der Waals surface area (Å²) in [6.45, 7) is 6.58. The number of aromatic amines is 1. The van der Waals surface area contributed by atoms with Crippen LogP contribution in [0, 0.1) is 0 Å². The van der Waals surface area contributed by atoms with Gasteiger partial charge in [0.1, 0.15) is 11.8 Å². The Morgan fingerprint density at radius 1 is 1.35 bits per heavy atom. The summed E-state index contributed by atoms with van der Waals surface area (Å²) >= 11 is 2.02. The Morgan fingerprint density at radius 3 is 3.06 bits per heavy atom. The van der Waals surface area contributed by atoms with E-state index in [1.807, 2.05) is 11.8 Å². The van der Waals surface area contributed by atoms with Gasteiger partial charge in [0.15, 0.2) is 11.5 Å². The number of H-pyrrole nitrogens is 1. The second-order valence-electron chi connectivity index (χ2n) is 4.83. The van der Waals surface area contributed by atoms with Crippen LogP contribution in [0.5, 0.6) is 0 Å². The molecule has 2 aromatic rings. The minimum Gasteiger partial charge on any atom is -0.353 e. The molecule has 1 fully saturated rings. The summed E-state index contributed by atoms with van der Waals surface area (Å²) in [4.78, 5) is 18.2. The van der Waals surface area contributed by atoms with E-state index >= 15 is 0 Å². The van der Waals surface area contributed by atoms with Gasteiger partial charge in [-0.25, -0.2) is 15.0 Å². The highest BCUT2D eigenvalue weighted by atomic mass is 32.2. The molecule has 1 aliphatic heterocycles. The molecule has 0 bridgehead atoms. The van der Waals surface area contributed by atoms with Crippen molar-refractivity contribution < 1.29 is 0 Å². The summed E-state index contributed by atoms with van der Waals surface area (Å²) in [5.74, 6) is 2.10. The standard InChI is InChI=1S/C11H15N5S/c1-11(2)5-16(3-4-17-11)10-8-9(13-6-12-8)14-7-15-10/h6-7H,3-5H2,1-2H3,(H,12,13,14,15). The average Bonchev–Trinajstić information content (AvgIpc) is 2.75. The third kappa shape index (κ3) is 1.97. The zero-order valence-electron chi connectivity index (χ0n) is 9.97. The number of imidazole rings is 1. The molecule has 1 aliphatic rings. The molecule has 1 saturated heterocycles. The van der Waals surface area contributed by atoms with Gasteiger partial charge in [0.05, 0.1) is 6.33 Å². The largest absolute Gasteiger partial charge is 0.353 e. The molecule has 0 amide bonds. The van der Waals surface area contributed by atoms with Crippen LogP contribution in [0.2, 0.25) is 0 Å². The van der Waals surface area contributed by atoms with Crippen molar-refractivity contribution in [3.8, 4) is 0 Å². The Bertz CT molecular complexity index is 535. The van der Waals surface area contributed by atoms with Crippen LogP contribution in [0.3, 0.4) is 0 Å². The highest BCUT2D eigenvalue weighted by Crippen LogP contribution is 2.32. The quantitative estimate of drug-likeness (QED) is 0.833. The molecule has 0 spiro atoms. The highest BCUT2D eigenvalue weighted by Gasteiger charge is 2.28. The maximum absolute atomic E-state index is 4.40. The predicted molar refractivity (Wildman–Crippen MR) is 70.4 cm³/mol. The number of thioether (sulfide) groups is 1. The molecule has 5 nitrogen and oxygen atoms in total. The van der Waals surface area contributed by atoms with Gasteiger partial charge in [0, 0.05) is 23.6 Å². The Hall–Kier alpha value is -1.30. The zero-order chi connectivity index (χ0) is 11.9. The minimum atomic E-state index is 0.273. The van der Waals surface area contributed by atoms with Gasteiger partial charge in [-0.15, -0.1) is 0 Å². The van der Waals surface area contributed by atoms with E-state index < -0.39 is 0 Å². The minimum absolute atomic E-state index is 0.273. The lowest BCUT2D eigenvalue weighted by molar-refractivity contribution is 0.643. The number of aromatic nitrogens is 4. The number of nitrogens with one attached hydrogen (secondary N) is 1. The highest BCUT2D eigenvalue weighted by molar-refractivity contribution is 8.00. The van der Waals surface area contributed by atoms with Crippen LogP contribution in [0.1, 0.15) is 13.8 Å². The lowest BCUT2D eigenvalue weighted by Gasteiger charge is -2.38. The summed E-state index contributed by atoms with van der Waals surface area (Å²) in [5, 5.41) is 0. The summed E-state index contributed by atoms with van der Waals surface area (Å²) in [6, 6.07) is 0. The number of nitrogens with zero attached hydrogens (tertiary/aromatic N) is 4. The van der Waals surface area contributed by atoms with Crippen molar-refractivity contribution >= 4 is 28.7 Å². The predicted octanol–water partition coefficient (Wildman–Crippen LogP) is 1.68. The molecule has 0 saturated carbocycles. The van der Waals surface area contributed by atoms with Crippen molar-refractivity contribution in [3.63, 3.8) is 0 Å². The Balaban J connectivity index is 2.00. The lowest BCUT2D eigenvalue weighted by Crippen LogP contribution is -2.43. The molecule has 6 heteroatoms. The fraction of sp³-hybridized carbons (Fsp3) is 0.545. The van der Waals surface area contributed by atoms with Crippen molar-refractivity contribution in [2.75, 3.05) is 23.7 Å². The van der Waals surface area contributed by atoms with Crippen molar-refractivity contribution in [3.05, 3.63) is 12.7 Å². The van der Waals surface area contributed by atoms with E-state index in [2.05, 4.69) is 38.7 Å². The third-order valence-electron chi connectivity index (χ3n) is 2.93. The van der Waals surface area contributed by atoms with Gasteiger partial charge in [0.2, 0.25) is 0 Å². The Labute approximate surface area is 104 Å². The third-order valence-corrected chi connectivity index (χ3v) is 4.23. The van der Waals surface area contributed by atoms with Crippen molar-refractivity contribution in [2.45, 2.75) is 18.6 Å². The summed E-state index contributed by atoms with van der Waals surface area (Å²) in [6.07, 6.45) is 3.26. The first-order valence-electron chi connectivity index (χ1n) is 5.69. The number of rotatable bonds is 1. The van der Waals surface area contributed by atoms with Gasteiger partial charge < -0.3 is 9.88 Å². The molecule has 3 heterocycles.